The molecule has 3 heterocycles. The van der Waals surface area contributed by atoms with Gasteiger partial charge in [-0.15, -0.1) is 0 Å². The summed E-state index contributed by atoms with van der Waals surface area (Å²) >= 11 is 0. The lowest BCUT2D eigenvalue weighted by Crippen LogP contribution is -2.39. The van der Waals surface area contributed by atoms with Crippen molar-refractivity contribution < 1.29 is 0 Å². The van der Waals surface area contributed by atoms with Crippen LogP contribution in [-0.2, 0) is 0 Å². The lowest BCUT2D eigenvalue weighted by Gasteiger charge is -2.31. The summed E-state index contributed by atoms with van der Waals surface area (Å²) in [6.45, 7) is 4.68. The van der Waals surface area contributed by atoms with Crippen molar-refractivity contribution >= 4 is 11.5 Å². The molecule has 0 spiro atoms. The molecule has 2 aliphatic heterocycles. The number of nitrogens with one attached hydrogen (secondary N) is 1. The smallest absolute Gasteiger partial charge is 0.128 e. The molecule has 2 fully saturated rings. The molecule has 4 nitrogen and oxygen atoms in total. The van der Waals surface area contributed by atoms with Crippen molar-refractivity contribution in [3.63, 3.8) is 0 Å². The van der Waals surface area contributed by atoms with Gasteiger partial charge in [-0.05, 0) is 57.8 Å². The fraction of sp³-hybridized carbons (Fsp3) is 0.688. The van der Waals surface area contributed by atoms with Gasteiger partial charge in [0, 0.05) is 25.7 Å². The predicted molar refractivity (Wildman–Crippen MR) is 84.4 cm³/mol. The Morgan fingerprint density at radius 2 is 1.95 bits per heavy atom. The normalized spacial score (nSPS) is 24.6. The Labute approximate surface area is 122 Å². The summed E-state index contributed by atoms with van der Waals surface area (Å²) in [5.74, 6) is 1.14. The summed E-state index contributed by atoms with van der Waals surface area (Å²) in [5.41, 5.74) is 1.16. The first-order chi connectivity index (χ1) is 9.81. The monoisotopic (exact) mass is 274 g/mol. The van der Waals surface area contributed by atoms with E-state index in [2.05, 4.69) is 39.3 Å². The van der Waals surface area contributed by atoms with E-state index in [0.29, 0.717) is 6.04 Å². The Morgan fingerprint density at radius 3 is 2.65 bits per heavy atom. The van der Waals surface area contributed by atoms with E-state index in [9.17, 15) is 0 Å². The second kappa shape index (κ2) is 6.44. The molecule has 1 unspecified atom stereocenters. The van der Waals surface area contributed by atoms with Gasteiger partial charge >= 0.3 is 0 Å². The number of anilines is 2. The molecule has 0 aromatic carbocycles. The molecule has 1 N–H and O–H groups in total. The van der Waals surface area contributed by atoms with E-state index in [1.54, 1.807) is 0 Å². The molecule has 2 aliphatic rings. The van der Waals surface area contributed by atoms with E-state index in [1.807, 2.05) is 6.20 Å². The second-order valence-electron chi connectivity index (χ2n) is 6.20. The van der Waals surface area contributed by atoms with Crippen LogP contribution in [0.1, 0.15) is 32.1 Å². The molecule has 3 rings (SSSR count). The van der Waals surface area contributed by atoms with Crippen molar-refractivity contribution in [1.29, 1.82) is 0 Å². The quantitative estimate of drug-likeness (QED) is 0.918. The average Bonchev–Trinajstić information content (AvgIpc) is 2.49. The summed E-state index contributed by atoms with van der Waals surface area (Å²) < 4.78 is 0. The highest BCUT2D eigenvalue weighted by molar-refractivity contribution is 5.49. The maximum absolute atomic E-state index is 4.64. The van der Waals surface area contributed by atoms with E-state index in [4.69, 9.17) is 0 Å². The van der Waals surface area contributed by atoms with Gasteiger partial charge in [-0.1, -0.05) is 0 Å². The lowest BCUT2D eigenvalue weighted by atomic mass is 10.1. The average molecular weight is 274 g/mol. The first kappa shape index (κ1) is 13.7. The van der Waals surface area contributed by atoms with Crippen molar-refractivity contribution in [3.05, 3.63) is 18.3 Å². The molecular formula is C16H26N4. The van der Waals surface area contributed by atoms with Crippen LogP contribution in [0.4, 0.5) is 11.5 Å². The van der Waals surface area contributed by atoms with Crippen LogP contribution >= 0.6 is 0 Å². The van der Waals surface area contributed by atoms with E-state index in [-0.39, 0.29) is 0 Å². The van der Waals surface area contributed by atoms with E-state index in [1.165, 1.54) is 38.6 Å². The number of rotatable bonds is 3. The lowest BCUT2D eigenvalue weighted by molar-refractivity contribution is 0.261. The maximum atomic E-state index is 4.64. The van der Waals surface area contributed by atoms with Gasteiger partial charge in [-0.2, -0.15) is 0 Å². The second-order valence-corrected chi connectivity index (χ2v) is 6.20. The Morgan fingerprint density at radius 1 is 1.10 bits per heavy atom. The van der Waals surface area contributed by atoms with Crippen molar-refractivity contribution in [1.82, 2.24) is 9.88 Å². The first-order valence-electron chi connectivity index (χ1n) is 7.97. The van der Waals surface area contributed by atoms with Gasteiger partial charge in [0.1, 0.15) is 5.82 Å². The molecular weight excluding hydrogens is 248 g/mol. The first-order valence-corrected chi connectivity index (χ1v) is 7.97. The highest BCUT2D eigenvalue weighted by Gasteiger charge is 2.17. The summed E-state index contributed by atoms with van der Waals surface area (Å²) in [5, 5.41) is 3.62. The van der Waals surface area contributed by atoms with Gasteiger partial charge in [0.15, 0.2) is 0 Å². The van der Waals surface area contributed by atoms with Crippen LogP contribution in [0.15, 0.2) is 18.3 Å². The molecule has 2 saturated heterocycles. The molecule has 1 aromatic rings. The molecule has 0 bridgehead atoms. The molecule has 0 radical (unpaired) electrons. The fourth-order valence-electron chi connectivity index (χ4n) is 3.30. The van der Waals surface area contributed by atoms with E-state index in [0.717, 1.165) is 31.1 Å². The Kier molecular flexibility index (Phi) is 4.41. The largest absolute Gasteiger partial charge is 0.380 e. The topological polar surface area (TPSA) is 31.4 Å². The van der Waals surface area contributed by atoms with Crippen molar-refractivity contribution in [3.8, 4) is 0 Å². The summed E-state index contributed by atoms with van der Waals surface area (Å²) in [6.07, 6.45) is 8.52. The summed E-state index contributed by atoms with van der Waals surface area (Å²) in [7, 11) is 2.20. The molecule has 1 atom stereocenters. The SMILES string of the molecule is CN1CCCC(Nc2ccc(N3CCCCC3)nc2)C1. The van der Waals surface area contributed by atoms with Gasteiger partial charge in [-0.25, -0.2) is 4.98 Å². The van der Waals surface area contributed by atoms with Gasteiger partial charge in [0.2, 0.25) is 0 Å². The van der Waals surface area contributed by atoms with Crippen LogP contribution in [-0.4, -0.2) is 49.2 Å². The Bertz CT molecular complexity index is 411. The number of hydrogen-bond donors (Lipinski definition) is 1. The van der Waals surface area contributed by atoms with Gasteiger partial charge in [-0.3, -0.25) is 0 Å². The molecule has 4 heteroatoms. The predicted octanol–water partition coefficient (Wildman–Crippen LogP) is 2.58. The maximum Gasteiger partial charge on any atom is 0.128 e. The standard InChI is InChI=1S/C16H26N4/c1-19-9-5-6-15(13-19)18-14-7-8-16(17-12-14)20-10-3-2-4-11-20/h7-8,12,15,18H,2-6,9-11,13H2,1H3. The number of likely N-dealkylation sites (tertiary alicyclic amines) is 1. The molecule has 0 aliphatic carbocycles. The summed E-state index contributed by atoms with van der Waals surface area (Å²) in [6, 6.07) is 4.92. The minimum absolute atomic E-state index is 0.566. The number of piperidine rings is 2. The Hall–Kier alpha value is -1.29. The van der Waals surface area contributed by atoms with Crippen LogP contribution in [0, 0.1) is 0 Å². The van der Waals surface area contributed by atoms with Crippen LogP contribution < -0.4 is 10.2 Å². The van der Waals surface area contributed by atoms with Crippen LogP contribution in [0.25, 0.3) is 0 Å². The Balaban J connectivity index is 1.58. The highest BCUT2D eigenvalue weighted by atomic mass is 15.2. The van der Waals surface area contributed by atoms with Crippen LogP contribution in [0.5, 0.6) is 0 Å². The third-order valence-electron chi connectivity index (χ3n) is 4.42. The highest BCUT2D eigenvalue weighted by Crippen LogP contribution is 2.20. The van der Waals surface area contributed by atoms with Crippen molar-refractivity contribution in [2.75, 3.05) is 43.4 Å². The zero-order valence-electron chi connectivity index (χ0n) is 12.5. The molecule has 0 amide bonds. The summed E-state index contributed by atoms with van der Waals surface area (Å²) in [4.78, 5) is 9.44. The number of pyridine rings is 1. The number of likely N-dealkylation sites (N-methyl/N-ethyl adjacent to an activating group) is 1. The molecule has 1 aromatic heterocycles. The minimum Gasteiger partial charge on any atom is -0.380 e. The minimum atomic E-state index is 0.566. The van der Waals surface area contributed by atoms with E-state index < -0.39 is 0 Å². The number of aromatic nitrogens is 1. The van der Waals surface area contributed by atoms with Crippen molar-refractivity contribution in [2.45, 2.75) is 38.1 Å². The number of hydrogen-bond acceptors (Lipinski definition) is 4. The van der Waals surface area contributed by atoms with Crippen LogP contribution in [0.3, 0.4) is 0 Å². The van der Waals surface area contributed by atoms with Gasteiger partial charge in [0.05, 0.1) is 11.9 Å². The molecule has 0 saturated carbocycles. The van der Waals surface area contributed by atoms with Crippen molar-refractivity contribution in [2.24, 2.45) is 0 Å². The third-order valence-corrected chi connectivity index (χ3v) is 4.42. The van der Waals surface area contributed by atoms with Crippen LogP contribution in [0.2, 0.25) is 0 Å². The molecule has 20 heavy (non-hydrogen) atoms. The molecule has 110 valence electrons. The van der Waals surface area contributed by atoms with Gasteiger partial charge < -0.3 is 15.1 Å². The fourth-order valence-corrected chi connectivity index (χ4v) is 3.30. The zero-order chi connectivity index (χ0) is 13.8. The third kappa shape index (κ3) is 3.42. The zero-order valence-corrected chi connectivity index (χ0v) is 12.5. The van der Waals surface area contributed by atoms with E-state index >= 15 is 0 Å². The number of nitrogens with zero attached hydrogens (tertiary/aromatic N) is 3. The van der Waals surface area contributed by atoms with Gasteiger partial charge in [0.25, 0.3) is 0 Å².